The summed E-state index contributed by atoms with van der Waals surface area (Å²) in [6.45, 7) is 2.99. The zero-order chi connectivity index (χ0) is 16.2. The summed E-state index contributed by atoms with van der Waals surface area (Å²) >= 11 is 0. The van der Waals surface area contributed by atoms with E-state index in [0.717, 1.165) is 11.8 Å². The third-order valence-electron chi connectivity index (χ3n) is 3.69. The van der Waals surface area contributed by atoms with Crippen LogP contribution >= 0.6 is 0 Å². The number of nitrogens with one attached hydrogen (secondary N) is 2. The molecule has 0 bridgehead atoms. The van der Waals surface area contributed by atoms with Gasteiger partial charge in [-0.05, 0) is 31.4 Å². The number of urea groups is 1. The van der Waals surface area contributed by atoms with Gasteiger partial charge < -0.3 is 10.2 Å². The smallest absolute Gasteiger partial charge is 0.317 e. The first-order valence-electron chi connectivity index (χ1n) is 7.28. The molecule has 122 valence electrons. The zero-order valence-electron chi connectivity index (χ0n) is 12.8. The summed E-state index contributed by atoms with van der Waals surface area (Å²) in [5.41, 5.74) is 0.949. The Morgan fingerprint density at radius 3 is 2.64 bits per heavy atom. The first kappa shape index (κ1) is 16.7. The van der Waals surface area contributed by atoms with E-state index in [-0.39, 0.29) is 18.1 Å². The van der Waals surface area contributed by atoms with Gasteiger partial charge >= 0.3 is 6.03 Å². The van der Waals surface area contributed by atoms with Crippen molar-refractivity contribution < 1.29 is 13.2 Å². The molecule has 2 heterocycles. The third-order valence-corrected chi connectivity index (χ3v) is 4.45. The highest BCUT2D eigenvalue weighted by Crippen LogP contribution is 2.14. The van der Waals surface area contributed by atoms with Gasteiger partial charge in [0.15, 0.2) is 0 Å². The van der Waals surface area contributed by atoms with Gasteiger partial charge in [-0.3, -0.25) is 4.98 Å². The van der Waals surface area contributed by atoms with Crippen molar-refractivity contribution in [2.75, 3.05) is 19.3 Å². The second-order valence-electron chi connectivity index (χ2n) is 5.61. The maximum absolute atomic E-state index is 12.2. The average molecular weight is 326 g/mol. The summed E-state index contributed by atoms with van der Waals surface area (Å²) in [7, 11) is -3.19. The van der Waals surface area contributed by atoms with Crippen molar-refractivity contribution in [1.82, 2.24) is 19.9 Å². The SMILES string of the molecule is C[C@H](NC(=O)N1CCC(NS(C)(=O)=O)CC1)c1cccnc1. The molecular formula is C14H22N4O3S. The number of amides is 2. The molecule has 1 aromatic heterocycles. The van der Waals surface area contributed by atoms with Gasteiger partial charge in [0.2, 0.25) is 10.0 Å². The number of nitrogens with zero attached hydrogens (tertiary/aromatic N) is 2. The molecule has 1 aromatic rings. The monoisotopic (exact) mass is 326 g/mol. The van der Waals surface area contributed by atoms with Crippen molar-refractivity contribution in [3.63, 3.8) is 0 Å². The van der Waals surface area contributed by atoms with Gasteiger partial charge in [-0.2, -0.15) is 0 Å². The lowest BCUT2D eigenvalue weighted by molar-refractivity contribution is 0.177. The molecule has 0 spiro atoms. The van der Waals surface area contributed by atoms with Crippen LogP contribution in [0.3, 0.4) is 0 Å². The molecule has 1 aliphatic heterocycles. The number of piperidine rings is 1. The molecule has 22 heavy (non-hydrogen) atoms. The molecule has 1 aliphatic rings. The molecule has 1 saturated heterocycles. The highest BCUT2D eigenvalue weighted by molar-refractivity contribution is 7.88. The van der Waals surface area contributed by atoms with E-state index in [1.165, 1.54) is 0 Å². The van der Waals surface area contributed by atoms with Gasteiger partial charge in [0.25, 0.3) is 0 Å². The van der Waals surface area contributed by atoms with Crippen molar-refractivity contribution in [3.8, 4) is 0 Å². The van der Waals surface area contributed by atoms with Gasteiger partial charge in [0.1, 0.15) is 0 Å². The number of sulfonamides is 1. The molecule has 8 heteroatoms. The molecule has 0 unspecified atom stereocenters. The number of carbonyl (C=O) groups is 1. The van der Waals surface area contributed by atoms with Crippen LogP contribution < -0.4 is 10.0 Å². The van der Waals surface area contributed by atoms with Crippen molar-refractivity contribution in [1.29, 1.82) is 0 Å². The minimum Gasteiger partial charge on any atom is -0.331 e. The fourth-order valence-electron chi connectivity index (χ4n) is 2.50. The van der Waals surface area contributed by atoms with E-state index in [9.17, 15) is 13.2 Å². The molecule has 0 saturated carbocycles. The second-order valence-corrected chi connectivity index (χ2v) is 7.39. The van der Waals surface area contributed by atoms with Gasteiger partial charge in [-0.15, -0.1) is 0 Å². The number of hydrogen-bond donors (Lipinski definition) is 2. The first-order valence-corrected chi connectivity index (χ1v) is 9.17. The predicted molar refractivity (Wildman–Crippen MR) is 83.8 cm³/mol. The molecule has 0 aliphatic carbocycles. The Kier molecular flexibility index (Phi) is 5.36. The summed E-state index contributed by atoms with van der Waals surface area (Å²) in [6.07, 6.45) is 5.83. The Morgan fingerprint density at radius 1 is 1.41 bits per heavy atom. The van der Waals surface area contributed by atoms with Crippen LogP contribution in [0.1, 0.15) is 31.4 Å². The summed E-state index contributed by atoms with van der Waals surface area (Å²) < 4.78 is 25.0. The Balaban J connectivity index is 1.83. The number of likely N-dealkylation sites (tertiary alicyclic amines) is 1. The Labute approximate surface area is 131 Å². The summed E-state index contributed by atoms with van der Waals surface area (Å²) in [6, 6.07) is 3.41. The Hall–Kier alpha value is -1.67. The normalized spacial score (nSPS) is 18.0. The quantitative estimate of drug-likeness (QED) is 0.859. The van der Waals surface area contributed by atoms with Crippen LogP contribution in [0.2, 0.25) is 0 Å². The maximum Gasteiger partial charge on any atom is 0.317 e. The molecule has 2 N–H and O–H groups in total. The largest absolute Gasteiger partial charge is 0.331 e. The van der Waals surface area contributed by atoms with Crippen LogP contribution in [0.5, 0.6) is 0 Å². The highest BCUT2D eigenvalue weighted by atomic mass is 32.2. The van der Waals surface area contributed by atoms with Crippen molar-refractivity contribution in [3.05, 3.63) is 30.1 Å². The molecular weight excluding hydrogens is 304 g/mol. The number of aromatic nitrogens is 1. The first-order chi connectivity index (χ1) is 10.3. The van der Waals surface area contributed by atoms with Crippen LogP contribution in [-0.4, -0.2) is 49.7 Å². The van der Waals surface area contributed by atoms with E-state index in [2.05, 4.69) is 15.0 Å². The summed E-state index contributed by atoms with van der Waals surface area (Å²) in [4.78, 5) is 18.0. The minimum atomic E-state index is -3.19. The minimum absolute atomic E-state index is 0.0882. The molecule has 0 radical (unpaired) electrons. The number of pyridine rings is 1. The van der Waals surface area contributed by atoms with E-state index < -0.39 is 10.0 Å². The van der Waals surface area contributed by atoms with Gasteiger partial charge in [0.05, 0.1) is 12.3 Å². The van der Waals surface area contributed by atoms with E-state index in [1.54, 1.807) is 17.3 Å². The van der Waals surface area contributed by atoms with Crippen LogP contribution in [0.4, 0.5) is 4.79 Å². The molecule has 2 rings (SSSR count). The van der Waals surface area contributed by atoms with Crippen LogP contribution in [0, 0.1) is 0 Å². The standard InChI is InChI=1S/C14H22N4O3S/c1-11(12-4-3-7-15-10-12)16-14(19)18-8-5-13(6-9-18)17-22(2,20)21/h3-4,7,10-11,13,17H,5-6,8-9H2,1-2H3,(H,16,19)/t11-/m0/s1. The van der Waals surface area contributed by atoms with Crippen molar-refractivity contribution in [2.24, 2.45) is 0 Å². The lowest BCUT2D eigenvalue weighted by Gasteiger charge is -2.32. The maximum atomic E-state index is 12.2. The lowest BCUT2D eigenvalue weighted by atomic mass is 10.1. The summed E-state index contributed by atoms with van der Waals surface area (Å²) in [5.74, 6) is 0. The number of hydrogen-bond acceptors (Lipinski definition) is 4. The van der Waals surface area contributed by atoms with Crippen LogP contribution in [0.15, 0.2) is 24.5 Å². The van der Waals surface area contributed by atoms with Crippen molar-refractivity contribution in [2.45, 2.75) is 31.8 Å². The lowest BCUT2D eigenvalue weighted by Crippen LogP contribution is -2.49. The van der Waals surface area contributed by atoms with Crippen molar-refractivity contribution >= 4 is 16.1 Å². The predicted octanol–water partition coefficient (Wildman–Crippen LogP) is 0.866. The molecule has 0 aromatic carbocycles. The topological polar surface area (TPSA) is 91.4 Å². The zero-order valence-corrected chi connectivity index (χ0v) is 13.6. The van der Waals surface area contributed by atoms with Gasteiger partial charge in [-0.1, -0.05) is 6.07 Å². The number of carbonyl (C=O) groups excluding carboxylic acids is 1. The third kappa shape index (κ3) is 4.96. The van der Waals surface area contributed by atoms with E-state index in [0.29, 0.717) is 25.9 Å². The van der Waals surface area contributed by atoms with E-state index >= 15 is 0 Å². The number of rotatable bonds is 4. The van der Waals surface area contributed by atoms with E-state index in [4.69, 9.17) is 0 Å². The fourth-order valence-corrected chi connectivity index (χ4v) is 3.34. The van der Waals surface area contributed by atoms with E-state index in [1.807, 2.05) is 19.1 Å². The molecule has 1 atom stereocenters. The molecule has 2 amide bonds. The van der Waals surface area contributed by atoms with Gasteiger partial charge in [0, 0.05) is 31.5 Å². The average Bonchev–Trinajstić information content (AvgIpc) is 2.47. The molecule has 1 fully saturated rings. The molecule has 7 nitrogen and oxygen atoms in total. The Morgan fingerprint density at radius 2 is 2.09 bits per heavy atom. The van der Waals surface area contributed by atoms with Crippen LogP contribution in [-0.2, 0) is 10.0 Å². The fraction of sp³-hybridized carbons (Fsp3) is 0.571. The van der Waals surface area contributed by atoms with Gasteiger partial charge in [-0.25, -0.2) is 17.9 Å². The van der Waals surface area contributed by atoms with Crippen LogP contribution in [0.25, 0.3) is 0 Å². The second kappa shape index (κ2) is 7.06. The Bertz CT molecular complexity index is 598. The highest BCUT2D eigenvalue weighted by Gasteiger charge is 2.25. The summed E-state index contributed by atoms with van der Waals surface area (Å²) in [5, 5.41) is 2.94.